The molecule has 0 saturated heterocycles. The van der Waals surface area contributed by atoms with E-state index in [9.17, 15) is 9.59 Å². The Hall–Kier alpha value is -1.61. The highest BCUT2D eigenvalue weighted by Crippen LogP contribution is 2.16. The van der Waals surface area contributed by atoms with E-state index in [0.717, 1.165) is 0 Å². The number of esters is 1. The van der Waals surface area contributed by atoms with Crippen LogP contribution < -0.4 is 5.32 Å². The van der Waals surface area contributed by atoms with Crippen molar-refractivity contribution in [2.45, 2.75) is 6.92 Å². The van der Waals surface area contributed by atoms with Crippen LogP contribution in [0.3, 0.4) is 0 Å². The zero-order valence-corrected chi connectivity index (χ0v) is 12.0. The first-order valence-electron chi connectivity index (χ1n) is 5.25. The molecule has 1 aromatic heterocycles. The Balaban J connectivity index is 2.90. The SMILES string of the molecule is CCOC(=O)/C(=N/OCSC)c1csc(NC=O)n1. The van der Waals surface area contributed by atoms with Crippen molar-refractivity contribution in [3.05, 3.63) is 11.1 Å². The fraction of sp³-hybridized carbons (Fsp3) is 0.400. The van der Waals surface area contributed by atoms with Gasteiger partial charge in [0.2, 0.25) is 12.1 Å². The Bertz CT molecular complexity index is 461. The van der Waals surface area contributed by atoms with Gasteiger partial charge in [-0.1, -0.05) is 5.16 Å². The lowest BCUT2D eigenvalue weighted by atomic mass is 10.3. The van der Waals surface area contributed by atoms with E-state index in [0.29, 0.717) is 23.2 Å². The molecule has 1 N–H and O–H groups in total. The summed E-state index contributed by atoms with van der Waals surface area (Å²) in [6.07, 6.45) is 2.35. The summed E-state index contributed by atoms with van der Waals surface area (Å²) in [6, 6.07) is 0. The van der Waals surface area contributed by atoms with E-state index in [-0.39, 0.29) is 12.3 Å². The third-order valence-corrected chi connectivity index (χ3v) is 2.84. The van der Waals surface area contributed by atoms with Crippen molar-refractivity contribution >= 4 is 46.3 Å². The predicted octanol–water partition coefficient (Wildman–Crippen LogP) is 1.32. The summed E-state index contributed by atoms with van der Waals surface area (Å²) in [5.74, 6) is -0.307. The van der Waals surface area contributed by atoms with E-state index in [4.69, 9.17) is 9.57 Å². The Morgan fingerprint density at radius 3 is 3.11 bits per heavy atom. The molecule has 0 atom stereocenters. The minimum absolute atomic E-state index is 0.0221. The van der Waals surface area contributed by atoms with Gasteiger partial charge in [-0.05, 0) is 13.2 Å². The van der Waals surface area contributed by atoms with Crippen molar-refractivity contribution in [1.29, 1.82) is 0 Å². The van der Waals surface area contributed by atoms with Gasteiger partial charge in [-0.3, -0.25) is 4.79 Å². The molecule has 0 aliphatic carbocycles. The summed E-state index contributed by atoms with van der Waals surface area (Å²) in [5.41, 5.74) is 0.278. The smallest absolute Gasteiger partial charge is 0.362 e. The molecule has 104 valence electrons. The van der Waals surface area contributed by atoms with Gasteiger partial charge in [0, 0.05) is 5.38 Å². The highest BCUT2D eigenvalue weighted by Gasteiger charge is 2.19. The molecule has 1 rings (SSSR count). The van der Waals surface area contributed by atoms with Crippen molar-refractivity contribution in [1.82, 2.24) is 4.98 Å². The molecule has 1 heterocycles. The molecule has 0 unspecified atom stereocenters. The van der Waals surface area contributed by atoms with Crippen LogP contribution in [0.1, 0.15) is 12.6 Å². The average Bonchev–Trinajstić information content (AvgIpc) is 2.84. The van der Waals surface area contributed by atoms with Crippen molar-refractivity contribution < 1.29 is 19.2 Å². The number of amides is 1. The maximum absolute atomic E-state index is 11.7. The standard InChI is InChI=1S/C10H13N3O4S2/c1-3-16-9(15)8(13-17-6-18-2)7-4-19-10(12-7)11-5-14/h4-5H,3,6H2,1-2H3,(H,11,12,14)/b13-8+. The number of anilines is 1. The summed E-state index contributed by atoms with van der Waals surface area (Å²) in [4.78, 5) is 31.0. The van der Waals surface area contributed by atoms with Gasteiger partial charge in [0.25, 0.3) is 0 Å². The van der Waals surface area contributed by atoms with E-state index in [1.165, 1.54) is 23.1 Å². The fourth-order valence-corrected chi connectivity index (χ4v) is 1.84. The number of hydrogen-bond acceptors (Lipinski definition) is 8. The Labute approximate surface area is 118 Å². The molecule has 0 fully saturated rings. The lowest BCUT2D eigenvalue weighted by Crippen LogP contribution is -2.19. The van der Waals surface area contributed by atoms with Crippen LogP contribution in [0.15, 0.2) is 10.5 Å². The quantitative estimate of drug-likeness (QED) is 0.194. The second kappa shape index (κ2) is 8.48. The summed E-state index contributed by atoms with van der Waals surface area (Å²) in [7, 11) is 0. The third kappa shape index (κ3) is 4.87. The molecule has 0 aromatic carbocycles. The first-order valence-corrected chi connectivity index (χ1v) is 7.52. The zero-order valence-electron chi connectivity index (χ0n) is 10.4. The number of carbonyl (C=O) groups excluding carboxylic acids is 2. The molecular formula is C10H13N3O4S2. The molecule has 0 aliphatic heterocycles. The average molecular weight is 303 g/mol. The molecular weight excluding hydrogens is 290 g/mol. The van der Waals surface area contributed by atoms with Gasteiger partial charge in [0.05, 0.1) is 6.61 Å². The summed E-state index contributed by atoms with van der Waals surface area (Å²) < 4.78 is 4.88. The predicted molar refractivity (Wildman–Crippen MR) is 74.4 cm³/mol. The van der Waals surface area contributed by atoms with Gasteiger partial charge in [-0.15, -0.1) is 23.1 Å². The van der Waals surface area contributed by atoms with Gasteiger partial charge < -0.3 is 14.9 Å². The maximum atomic E-state index is 11.7. The molecule has 0 saturated carbocycles. The zero-order chi connectivity index (χ0) is 14.1. The Morgan fingerprint density at radius 2 is 2.47 bits per heavy atom. The van der Waals surface area contributed by atoms with Crippen molar-refractivity contribution in [3.63, 3.8) is 0 Å². The van der Waals surface area contributed by atoms with E-state index < -0.39 is 5.97 Å². The Kier molecular flexibility index (Phi) is 6.90. The molecule has 0 aliphatic rings. The van der Waals surface area contributed by atoms with Crippen LogP contribution in [-0.4, -0.2) is 41.9 Å². The van der Waals surface area contributed by atoms with Crippen LogP contribution >= 0.6 is 23.1 Å². The number of thioether (sulfide) groups is 1. The maximum Gasteiger partial charge on any atom is 0.362 e. The van der Waals surface area contributed by atoms with Crippen LogP contribution in [0.2, 0.25) is 0 Å². The molecule has 0 spiro atoms. The van der Waals surface area contributed by atoms with Crippen LogP contribution in [0.4, 0.5) is 5.13 Å². The van der Waals surface area contributed by atoms with Gasteiger partial charge >= 0.3 is 5.97 Å². The molecule has 9 heteroatoms. The number of nitrogens with zero attached hydrogens (tertiary/aromatic N) is 2. The van der Waals surface area contributed by atoms with Crippen LogP contribution in [0.25, 0.3) is 0 Å². The van der Waals surface area contributed by atoms with Crippen molar-refractivity contribution in [2.75, 3.05) is 24.1 Å². The number of aromatic nitrogens is 1. The highest BCUT2D eigenvalue weighted by molar-refractivity contribution is 7.98. The van der Waals surface area contributed by atoms with Gasteiger partial charge in [-0.25, -0.2) is 9.78 Å². The number of nitrogens with one attached hydrogen (secondary N) is 1. The van der Waals surface area contributed by atoms with Crippen molar-refractivity contribution in [3.8, 4) is 0 Å². The minimum atomic E-state index is -0.619. The molecule has 0 bridgehead atoms. The number of rotatable bonds is 8. The third-order valence-electron chi connectivity index (χ3n) is 1.72. The van der Waals surface area contributed by atoms with Gasteiger partial charge in [0.1, 0.15) is 5.69 Å². The molecule has 7 nitrogen and oxygen atoms in total. The topological polar surface area (TPSA) is 89.9 Å². The van der Waals surface area contributed by atoms with Gasteiger partial charge in [-0.2, -0.15) is 0 Å². The van der Waals surface area contributed by atoms with E-state index in [2.05, 4.69) is 15.5 Å². The summed E-state index contributed by atoms with van der Waals surface area (Å²) in [6.45, 7) is 1.92. The molecule has 1 aromatic rings. The number of hydrogen-bond donors (Lipinski definition) is 1. The minimum Gasteiger partial charge on any atom is -0.461 e. The lowest BCUT2D eigenvalue weighted by Gasteiger charge is -2.03. The Morgan fingerprint density at radius 1 is 1.68 bits per heavy atom. The number of ether oxygens (including phenoxy) is 1. The van der Waals surface area contributed by atoms with E-state index in [1.807, 2.05) is 6.26 Å². The number of carbonyl (C=O) groups is 2. The first kappa shape index (κ1) is 15.4. The van der Waals surface area contributed by atoms with Gasteiger partial charge in [0.15, 0.2) is 11.1 Å². The van der Waals surface area contributed by atoms with Crippen LogP contribution in [-0.2, 0) is 19.2 Å². The van der Waals surface area contributed by atoms with Crippen molar-refractivity contribution in [2.24, 2.45) is 5.16 Å². The van der Waals surface area contributed by atoms with Crippen LogP contribution in [0, 0.1) is 0 Å². The highest BCUT2D eigenvalue weighted by atomic mass is 32.2. The normalized spacial score (nSPS) is 10.9. The first-order chi connectivity index (χ1) is 9.22. The number of oxime groups is 1. The molecule has 0 radical (unpaired) electrons. The number of thiazole rings is 1. The second-order valence-electron chi connectivity index (χ2n) is 3.00. The molecule has 1 amide bonds. The van der Waals surface area contributed by atoms with E-state index >= 15 is 0 Å². The molecule has 19 heavy (non-hydrogen) atoms. The second-order valence-corrected chi connectivity index (χ2v) is 4.67. The summed E-state index contributed by atoms with van der Waals surface area (Å²) >= 11 is 2.59. The summed E-state index contributed by atoms with van der Waals surface area (Å²) in [5, 5.41) is 8.08. The largest absolute Gasteiger partial charge is 0.461 e. The van der Waals surface area contributed by atoms with E-state index in [1.54, 1.807) is 12.3 Å². The fourth-order valence-electron chi connectivity index (χ4n) is 1.03. The monoisotopic (exact) mass is 303 g/mol. The van der Waals surface area contributed by atoms with Crippen LogP contribution in [0.5, 0.6) is 0 Å². The lowest BCUT2D eigenvalue weighted by molar-refractivity contribution is -0.135.